The molecule has 0 N–H and O–H groups in total. The first-order chi connectivity index (χ1) is 14.7. The molecule has 2 heterocycles. The number of fused-ring (bicyclic) bond motifs is 2. The van der Waals surface area contributed by atoms with Crippen molar-refractivity contribution in [2.24, 2.45) is 0 Å². The van der Waals surface area contributed by atoms with E-state index in [4.69, 9.17) is 9.15 Å². The van der Waals surface area contributed by atoms with Crippen LogP contribution in [0.3, 0.4) is 0 Å². The van der Waals surface area contributed by atoms with Gasteiger partial charge in [0.1, 0.15) is 22.5 Å². The summed E-state index contributed by atoms with van der Waals surface area (Å²) in [7, 11) is 1.50. The Balaban J connectivity index is 1.85. The lowest BCUT2D eigenvalue weighted by Crippen LogP contribution is -2.12. The van der Waals surface area contributed by atoms with Crippen LogP contribution in [0.15, 0.2) is 99.1 Å². The second-order valence-corrected chi connectivity index (χ2v) is 6.90. The molecule has 5 aromatic rings. The number of aromatic nitrogens is 1. The van der Waals surface area contributed by atoms with Crippen LogP contribution >= 0.6 is 0 Å². The molecule has 0 amide bonds. The third-order valence-corrected chi connectivity index (χ3v) is 5.15. The van der Waals surface area contributed by atoms with Crippen LogP contribution < -0.4 is 15.6 Å². The average Bonchev–Trinajstić information content (AvgIpc) is 2.79. The molecule has 146 valence electrons. The molecule has 0 atom stereocenters. The number of nitrogens with zero attached hydrogens (tertiary/aromatic N) is 1. The lowest BCUT2D eigenvalue weighted by Gasteiger charge is -2.13. The Kier molecular flexibility index (Phi) is 4.21. The Hall–Kier alpha value is -4.12. The summed E-state index contributed by atoms with van der Waals surface area (Å²) < 4.78 is 13.2. The van der Waals surface area contributed by atoms with Crippen LogP contribution in [-0.2, 0) is 0 Å². The zero-order valence-electron chi connectivity index (χ0n) is 16.2. The molecule has 0 unspecified atom stereocenters. The Bertz CT molecular complexity index is 1510. The van der Waals surface area contributed by atoms with E-state index in [1.807, 2.05) is 53.1 Å². The third-order valence-electron chi connectivity index (χ3n) is 5.15. The minimum atomic E-state index is -0.262. The summed E-state index contributed by atoms with van der Waals surface area (Å²) in [6.07, 6.45) is 1.73. The van der Waals surface area contributed by atoms with E-state index >= 15 is 0 Å². The topological polar surface area (TPSA) is 61.4 Å². The van der Waals surface area contributed by atoms with Gasteiger partial charge in [0.25, 0.3) is 0 Å². The van der Waals surface area contributed by atoms with Crippen LogP contribution in [0.25, 0.3) is 38.9 Å². The summed E-state index contributed by atoms with van der Waals surface area (Å²) >= 11 is 0. The molecule has 0 fully saturated rings. The summed E-state index contributed by atoms with van der Waals surface area (Å²) in [5.41, 5.74) is 1.92. The van der Waals surface area contributed by atoms with Crippen LogP contribution in [0.1, 0.15) is 0 Å². The number of benzene rings is 3. The molecule has 0 radical (unpaired) electrons. The van der Waals surface area contributed by atoms with Gasteiger partial charge in [-0.15, -0.1) is 0 Å². The summed E-state index contributed by atoms with van der Waals surface area (Å²) in [6.45, 7) is 0. The third kappa shape index (κ3) is 2.79. The van der Waals surface area contributed by atoms with Gasteiger partial charge in [0.2, 0.25) is 0 Å². The van der Waals surface area contributed by atoms with E-state index in [1.165, 1.54) is 13.2 Å². The maximum absolute atomic E-state index is 13.3. The van der Waals surface area contributed by atoms with Gasteiger partial charge in [-0.1, -0.05) is 36.4 Å². The lowest BCUT2D eigenvalue weighted by atomic mass is 10.1. The van der Waals surface area contributed by atoms with E-state index < -0.39 is 0 Å². The van der Waals surface area contributed by atoms with E-state index in [0.29, 0.717) is 27.7 Å². The number of hydrogen-bond donors (Lipinski definition) is 0. The average molecular weight is 395 g/mol. The standard InChI is InChI=1S/C25H17NO4/c1-29-21-12-7-13-22-24(21)20(27)14-23(30-22)18-15-26(16-8-3-2-4-9-16)19-11-6-5-10-17(19)25(18)28/h2-15H,1H3. The highest BCUT2D eigenvalue weighted by Gasteiger charge is 2.16. The van der Waals surface area contributed by atoms with Gasteiger partial charge in [-0.05, 0) is 36.4 Å². The highest BCUT2D eigenvalue weighted by Crippen LogP contribution is 2.27. The van der Waals surface area contributed by atoms with E-state index in [2.05, 4.69) is 0 Å². The fourth-order valence-corrected chi connectivity index (χ4v) is 3.74. The molecule has 0 saturated heterocycles. The normalized spacial score (nSPS) is 11.1. The summed E-state index contributed by atoms with van der Waals surface area (Å²) in [5.74, 6) is 0.661. The van der Waals surface area contributed by atoms with Crippen LogP contribution in [0.2, 0.25) is 0 Å². The van der Waals surface area contributed by atoms with Crippen LogP contribution in [-0.4, -0.2) is 11.7 Å². The molecule has 30 heavy (non-hydrogen) atoms. The fourth-order valence-electron chi connectivity index (χ4n) is 3.74. The van der Waals surface area contributed by atoms with Gasteiger partial charge in [0.05, 0.1) is 18.2 Å². The molecule has 0 aliphatic carbocycles. The second-order valence-electron chi connectivity index (χ2n) is 6.90. The Morgan fingerprint density at radius 3 is 2.43 bits per heavy atom. The predicted octanol–water partition coefficient (Wildman–Crippen LogP) is 4.77. The van der Waals surface area contributed by atoms with E-state index in [9.17, 15) is 9.59 Å². The first-order valence-corrected chi connectivity index (χ1v) is 9.48. The van der Waals surface area contributed by atoms with Crippen molar-refractivity contribution >= 4 is 21.9 Å². The van der Waals surface area contributed by atoms with Crippen molar-refractivity contribution in [1.82, 2.24) is 4.57 Å². The van der Waals surface area contributed by atoms with Crippen molar-refractivity contribution in [3.63, 3.8) is 0 Å². The van der Waals surface area contributed by atoms with E-state index in [-0.39, 0.29) is 16.6 Å². The number of methoxy groups -OCH3 is 1. The molecule has 5 rings (SSSR count). The smallest absolute Gasteiger partial charge is 0.200 e. The van der Waals surface area contributed by atoms with Gasteiger partial charge in [-0.2, -0.15) is 0 Å². The molecule has 2 aromatic heterocycles. The summed E-state index contributed by atoms with van der Waals surface area (Å²) in [5, 5.41) is 0.903. The SMILES string of the molecule is COc1cccc2oc(-c3cn(-c4ccccc4)c4ccccc4c3=O)cc(=O)c12. The molecule has 0 spiro atoms. The van der Waals surface area contributed by atoms with Crippen molar-refractivity contribution in [3.05, 3.63) is 106 Å². The van der Waals surface area contributed by atoms with Gasteiger partial charge < -0.3 is 13.7 Å². The molecule has 5 nitrogen and oxygen atoms in total. The first-order valence-electron chi connectivity index (χ1n) is 9.48. The summed E-state index contributed by atoms with van der Waals surface area (Å²) in [6, 6.07) is 23.6. The molecule has 0 aliphatic heterocycles. The van der Waals surface area contributed by atoms with Crippen molar-refractivity contribution in [1.29, 1.82) is 0 Å². The quantitative estimate of drug-likeness (QED) is 0.441. The highest BCUT2D eigenvalue weighted by atomic mass is 16.5. The maximum Gasteiger partial charge on any atom is 0.200 e. The Morgan fingerprint density at radius 1 is 0.867 bits per heavy atom. The molecule has 5 heteroatoms. The van der Waals surface area contributed by atoms with Crippen LogP contribution in [0, 0.1) is 0 Å². The zero-order valence-corrected chi connectivity index (χ0v) is 16.2. The second kappa shape index (κ2) is 7.04. The number of pyridine rings is 1. The molecule has 0 saturated carbocycles. The van der Waals surface area contributed by atoms with Crippen molar-refractivity contribution in [2.75, 3.05) is 7.11 Å². The maximum atomic E-state index is 13.3. The van der Waals surface area contributed by atoms with E-state index in [1.54, 1.807) is 30.5 Å². The molecule has 3 aromatic carbocycles. The zero-order chi connectivity index (χ0) is 20.7. The van der Waals surface area contributed by atoms with Gasteiger partial charge in [-0.25, -0.2) is 0 Å². The minimum Gasteiger partial charge on any atom is -0.496 e. The fraction of sp³-hybridized carbons (Fsp3) is 0.0400. The number of ether oxygens (including phenoxy) is 1. The first kappa shape index (κ1) is 17.9. The van der Waals surface area contributed by atoms with Crippen molar-refractivity contribution < 1.29 is 9.15 Å². The van der Waals surface area contributed by atoms with E-state index in [0.717, 1.165) is 11.2 Å². The van der Waals surface area contributed by atoms with Crippen molar-refractivity contribution in [2.45, 2.75) is 0 Å². The van der Waals surface area contributed by atoms with Crippen molar-refractivity contribution in [3.8, 4) is 22.8 Å². The predicted molar refractivity (Wildman–Crippen MR) is 118 cm³/mol. The monoisotopic (exact) mass is 395 g/mol. The molecule has 0 bridgehead atoms. The molecular weight excluding hydrogens is 378 g/mol. The summed E-state index contributed by atoms with van der Waals surface area (Å²) in [4.78, 5) is 26.1. The Morgan fingerprint density at radius 2 is 1.63 bits per heavy atom. The number of hydrogen-bond acceptors (Lipinski definition) is 4. The lowest BCUT2D eigenvalue weighted by molar-refractivity contribution is 0.419. The van der Waals surface area contributed by atoms with Gasteiger partial charge in [0, 0.05) is 23.3 Å². The van der Waals surface area contributed by atoms with Crippen LogP contribution in [0.5, 0.6) is 5.75 Å². The minimum absolute atomic E-state index is 0.192. The van der Waals surface area contributed by atoms with Gasteiger partial charge >= 0.3 is 0 Å². The van der Waals surface area contributed by atoms with Gasteiger partial charge in [0.15, 0.2) is 10.9 Å². The highest BCUT2D eigenvalue weighted by molar-refractivity contribution is 5.87. The largest absolute Gasteiger partial charge is 0.496 e. The van der Waals surface area contributed by atoms with Gasteiger partial charge in [-0.3, -0.25) is 9.59 Å². The Labute approximate surface area is 171 Å². The molecular formula is C25H17NO4. The molecule has 0 aliphatic rings. The van der Waals surface area contributed by atoms with Crippen LogP contribution in [0.4, 0.5) is 0 Å². The number of rotatable bonds is 3. The number of para-hydroxylation sites is 2.